The zero-order valence-corrected chi connectivity index (χ0v) is 16.7. The standard InChI is InChI=1S/C21H26N2O3S/c1-3-4-11-26-15-8-6-14(7-9-15)20(25)23-21-18(19(22)24)16-10-5-13(2)12-17(16)27-21/h6-9,13H,3-5,10-12H2,1-2H3,(H2,22,24)(H,23,25)/t13-/m1/s1. The molecule has 0 aliphatic heterocycles. The molecule has 6 heteroatoms. The van der Waals surface area contributed by atoms with Gasteiger partial charge in [0.1, 0.15) is 10.8 Å². The Morgan fingerprint density at radius 3 is 2.70 bits per heavy atom. The van der Waals surface area contributed by atoms with Crippen LogP contribution in [-0.2, 0) is 12.8 Å². The molecule has 0 saturated heterocycles. The fourth-order valence-corrected chi connectivity index (χ4v) is 4.72. The van der Waals surface area contributed by atoms with Gasteiger partial charge in [-0.2, -0.15) is 0 Å². The van der Waals surface area contributed by atoms with E-state index in [2.05, 4.69) is 19.2 Å². The Balaban J connectivity index is 1.75. The zero-order valence-electron chi connectivity index (χ0n) is 15.8. The Morgan fingerprint density at radius 1 is 1.30 bits per heavy atom. The Kier molecular flexibility index (Phi) is 6.16. The van der Waals surface area contributed by atoms with Gasteiger partial charge in [-0.1, -0.05) is 20.3 Å². The molecule has 0 fully saturated rings. The SMILES string of the molecule is CCCCOc1ccc(C(=O)Nc2sc3c(c2C(N)=O)CC[C@@H](C)C3)cc1. The van der Waals surface area contributed by atoms with Crippen LogP contribution in [0, 0.1) is 5.92 Å². The molecule has 1 atom stereocenters. The number of unbranched alkanes of at least 4 members (excludes halogenated alkanes) is 1. The Hall–Kier alpha value is -2.34. The average Bonchev–Trinajstić information content (AvgIpc) is 2.99. The second-order valence-electron chi connectivity index (χ2n) is 7.10. The van der Waals surface area contributed by atoms with Crippen molar-refractivity contribution in [3.63, 3.8) is 0 Å². The van der Waals surface area contributed by atoms with E-state index in [-0.39, 0.29) is 5.91 Å². The highest BCUT2D eigenvalue weighted by Gasteiger charge is 2.27. The number of carbonyl (C=O) groups excluding carboxylic acids is 2. The molecule has 144 valence electrons. The lowest BCUT2D eigenvalue weighted by atomic mass is 9.88. The van der Waals surface area contributed by atoms with Gasteiger partial charge in [-0.05, 0) is 61.4 Å². The van der Waals surface area contributed by atoms with E-state index in [1.165, 1.54) is 11.3 Å². The molecule has 1 aliphatic carbocycles. The van der Waals surface area contributed by atoms with Gasteiger partial charge in [-0.3, -0.25) is 9.59 Å². The fourth-order valence-electron chi connectivity index (χ4n) is 3.31. The van der Waals surface area contributed by atoms with Gasteiger partial charge in [-0.25, -0.2) is 0 Å². The van der Waals surface area contributed by atoms with Crippen LogP contribution in [0.4, 0.5) is 5.00 Å². The summed E-state index contributed by atoms with van der Waals surface area (Å²) >= 11 is 1.48. The van der Waals surface area contributed by atoms with E-state index in [1.54, 1.807) is 24.3 Å². The van der Waals surface area contributed by atoms with E-state index in [0.717, 1.165) is 48.3 Å². The summed E-state index contributed by atoms with van der Waals surface area (Å²) in [7, 11) is 0. The molecule has 3 rings (SSSR count). The van der Waals surface area contributed by atoms with Crippen LogP contribution in [0.15, 0.2) is 24.3 Å². The van der Waals surface area contributed by atoms with Crippen molar-refractivity contribution in [3.05, 3.63) is 45.8 Å². The van der Waals surface area contributed by atoms with Crippen LogP contribution in [0.3, 0.4) is 0 Å². The molecule has 0 bridgehead atoms. The number of ether oxygens (including phenoxy) is 1. The highest BCUT2D eigenvalue weighted by Crippen LogP contribution is 2.39. The van der Waals surface area contributed by atoms with Crippen LogP contribution in [0.2, 0.25) is 0 Å². The summed E-state index contributed by atoms with van der Waals surface area (Å²) in [5.41, 5.74) is 7.63. The first-order valence-electron chi connectivity index (χ1n) is 9.48. The molecule has 1 heterocycles. The van der Waals surface area contributed by atoms with Crippen molar-refractivity contribution >= 4 is 28.2 Å². The minimum absolute atomic E-state index is 0.246. The summed E-state index contributed by atoms with van der Waals surface area (Å²) in [5, 5.41) is 3.45. The summed E-state index contributed by atoms with van der Waals surface area (Å²) in [5.74, 6) is 0.611. The van der Waals surface area contributed by atoms with Gasteiger partial charge in [-0.15, -0.1) is 11.3 Å². The predicted molar refractivity (Wildman–Crippen MR) is 109 cm³/mol. The van der Waals surface area contributed by atoms with Crippen molar-refractivity contribution in [3.8, 4) is 5.75 Å². The third kappa shape index (κ3) is 4.50. The summed E-state index contributed by atoms with van der Waals surface area (Å²) in [4.78, 5) is 25.8. The predicted octanol–water partition coefficient (Wildman–Crippen LogP) is 4.40. The monoisotopic (exact) mass is 386 g/mol. The summed E-state index contributed by atoms with van der Waals surface area (Å²) < 4.78 is 5.62. The first-order valence-corrected chi connectivity index (χ1v) is 10.3. The van der Waals surface area contributed by atoms with Gasteiger partial charge in [0.25, 0.3) is 11.8 Å². The van der Waals surface area contributed by atoms with Crippen molar-refractivity contribution in [2.45, 2.75) is 46.0 Å². The molecule has 1 aromatic carbocycles. The molecule has 27 heavy (non-hydrogen) atoms. The smallest absolute Gasteiger partial charge is 0.256 e. The number of anilines is 1. The number of nitrogens with two attached hydrogens (primary N) is 1. The number of nitrogens with one attached hydrogen (secondary N) is 1. The van der Waals surface area contributed by atoms with Crippen LogP contribution < -0.4 is 15.8 Å². The number of thiophene rings is 1. The number of hydrogen-bond donors (Lipinski definition) is 2. The second-order valence-corrected chi connectivity index (χ2v) is 8.21. The lowest BCUT2D eigenvalue weighted by Crippen LogP contribution is -2.19. The van der Waals surface area contributed by atoms with Gasteiger partial charge in [0.2, 0.25) is 0 Å². The number of primary amides is 1. The molecular weight excluding hydrogens is 360 g/mol. The topological polar surface area (TPSA) is 81.4 Å². The lowest BCUT2D eigenvalue weighted by molar-refractivity contribution is 0.1000. The molecule has 2 amide bonds. The molecule has 0 unspecified atom stereocenters. The van der Waals surface area contributed by atoms with Gasteiger partial charge < -0.3 is 15.8 Å². The van der Waals surface area contributed by atoms with Gasteiger partial charge in [0.05, 0.1) is 12.2 Å². The quantitative estimate of drug-likeness (QED) is 0.692. The molecule has 3 N–H and O–H groups in total. The second kappa shape index (κ2) is 8.57. The molecule has 5 nitrogen and oxygen atoms in total. The molecule has 0 saturated carbocycles. The van der Waals surface area contributed by atoms with Crippen molar-refractivity contribution in [1.82, 2.24) is 0 Å². The van der Waals surface area contributed by atoms with Crippen LogP contribution in [0.1, 0.15) is 64.3 Å². The molecule has 2 aromatic rings. The maximum Gasteiger partial charge on any atom is 0.256 e. The largest absolute Gasteiger partial charge is 0.494 e. The Bertz CT molecular complexity index is 827. The van der Waals surface area contributed by atoms with Crippen LogP contribution in [-0.4, -0.2) is 18.4 Å². The van der Waals surface area contributed by atoms with Crippen molar-refractivity contribution in [2.24, 2.45) is 11.7 Å². The van der Waals surface area contributed by atoms with Crippen molar-refractivity contribution in [2.75, 3.05) is 11.9 Å². The van der Waals surface area contributed by atoms with Gasteiger partial charge in [0.15, 0.2) is 0 Å². The minimum Gasteiger partial charge on any atom is -0.494 e. The van der Waals surface area contributed by atoms with E-state index >= 15 is 0 Å². The summed E-state index contributed by atoms with van der Waals surface area (Å²) in [6.45, 7) is 4.98. The average molecular weight is 387 g/mol. The van der Waals surface area contributed by atoms with E-state index in [9.17, 15) is 9.59 Å². The van der Waals surface area contributed by atoms with E-state index in [4.69, 9.17) is 10.5 Å². The molecular formula is C21H26N2O3S. The third-order valence-electron chi connectivity index (χ3n) is 4.87. The van der Waals surface area contributed by atoms with Crippen LogP contribution in [0.5, 0.6) is 5.75 Å². The summed E-state index contributed by atoms with van der Waals surface area (Å²) in [6.07, 6.45) is 4.88. The normalized spacial score (nSPS) is 15.9. The highest BCUT2D eigenvalue weighted by molar-refractivity contribution is 7.17. The van der Waals surface area contributed by atoms with Crippen LogP contribution in [0.25, 0.3) is 0 Å². The van der Waals surface area contributed by atoms with E-state index in [1.807, 2.05) is 0 Å². The number of amides is 2. The van der Waals surface area contributed by atoms with Crippen molar-refractivity contribution in [1.29, 1.82) is 0 Å². The minimum atomic E-state index is -0.475. The first kappa shape index (κ1) is 19.4. The Labute approximate surface area is 163 Å². The molecule has 1 aromatic heterocycles. The lowest BCUT2D eigenvalue weighted by Gasteiger charge is -2.18. The van der Waals surface area contributed by atoms with Gasteiger partial charge >= 0.3 is 0 Å². The number of carbonyl (C=O) groups is 2. The summed E-state index contributed by atoms with van der Waals surface area (Å²) in [6, 6.07) is 7.05. The Morgan fingerprint density at radius 2 is 2.04 bits per heavy atom. The van der Waals surface area contributed by atoms with Crippen LogP contribution >= 0.6 is 11.3 Å². The highest BCUT2D eigenvalue weighted by atomic mass is 32.1. The number of rotatable bonds is 7. The number of hydrogen-bond acceptors (Lipinski definition) is 4. The fraction of sp³-hybridized carbons (Fsp3) is 0.429. The first-order chi connectivity index (χ1) is 13.0. The van der Waals surface area contributed by atoms with E-state index < -0.39 is 5.91 Å². The number of benzene rings is 1. The maximum absolute atomic E-state index is 12.6. The molecule has 1 aliphatic rings. The van der Waals surface area contributed by atoms with E-state index in [0.29, 0.717) is 28.7 Å². The van der Waals surface area contributed by atoms with Gasteiger partial charge in [0, 0.05) is 10.4 Å². The third-order valence-corrected chi connectivity index (χ3v) is 6.04. The molecule has 0 spiro atoms. The zero-order chi connectivity index (χ0) is 19.4. The maximum atomic E-state index is 12.6. The number of fused-ring (bicyclic) bond motifs is 1. The molecule has 0 radical (unpaired) electrons. The van der Waals surface area contributed by atoms with Crippen molar-refractivity contribution < 1.29 is 14.3 Å².